The number of fused-ring (bicyclic) bond motifs is 3. The van der Waals surface area contributed by atoms with Crippen LogP contribution in [0.15, 0.2) is 42.5 Å². The van der Waals surface area contributed by atoms with Crippen LogP contribution in [0.5, 0.6) is 0 Å². The van der Waals surface area contributed by atoms with Gasteiger partial charge in [-0.3, -0.25) is 24.3 Å². The Morgan fingerprint density at radius 2 is 1.76 bits per heavy atom. The number of nitrogens with one attached hydrogen (secondary N) is 1. The number of piperazine rings is 1. The lowest BCUT2D eigenvalue weighted by Crippen LogP contribution is -2.50. The molecule has 1 unspecified atom stereocenters. The normalized spacial score (nSPS) is 19.2. The zero-order chi connectivity index (χ0) is 21.2. The van der Waals surface area contributed by atoms with E-state index in [4.69, 9.17) is 0 Å². The van der Waals surface area contributed by atoms with Crippen molar-refractivity contribution >= 4 is 54.2 Å². The molecule has 0 radical (unpaired) electrons. The highest BCUT2D eigenvalue weighted by Gasteiger charge is 2.31. The second-order valence-electron chi connectivity index (χ2n) is 8.85. The van der Waals surface area contributed by atoms with Crippen molar-refractivity contribution in [2.75, 3.05) is 42.9 Å². The number of carbonyl (C=O) groups is 2. The van der Waals surface area contributed by atoms with E-state index < -0.39 is 0 Å². The molecule has 2 amide bonds. The quantitative estimate of drug-likeness (QED) is 0.628. The minimum absolute atomic E-state index is 0. The van der Waals surface area contributed by atoms with E-state index in [2.05, 4.69) is 21.2 Å². The molecule has 3 N–H and O–H groups in total. The van der Waals surface area contributed by atoms with Crippen molar-refractivity contribution in [1.29, 1.82) is 0 Å². The fourth-order valence-corrected chi connectivity index (χ4v) is 5.37. The summed E-state index contributed by atoms with van der Waals surface area (Å²) in [6, 6.07) is 14.7. The van der Waals surface area contributed by atoms with E-state index in [1.165, 1.54) is 24.9 Å². The Balaban J connectivity index is 0.00000136. The minimum Gasteiger partial charge on any atom is -0.412 e. The van der Waals surface area contributed by atoms with Gasteiger partial charge in [0.05, 0.1) is 11.4 Å². The molecule has 1 atom stereocenters. The van der Waals surface area contributed by atoms with E-state index in [9.17, 15) is 9.59 Å². The van der Waals surface area contributed by atoms with E-state index in [0.717, 1.165) is 56.0 Å². The van der Waals surface area contributed by atoms with Gasteiger partial charge in [-0.2, -0.15) is 0 Å². The standard InChI is InChI=1S/C25H30N4O2.2ClH.H2O/c30-18-26-21-10-9-20-8-7-19-4-1-2-6-23(19)29(24(20)16-21)25(31)11-13-27-14-15-28-12-3-5-22(28)17-27;;;/h1-2,4,6,9-10,16,18,22H,3,5,7-8,11-15,17H2,(H,26,30);2*1H;1H2. The van der Waals surface area contributed by atoms with Gasteiger partial charge < -0.3 is 10.8 Å². The van der Waals surface area contributed by atoms with Gasteiger partial charge in [0.15, 0.2) is 0 Å². The van der Waals surface area contributed by atoms with Gasteiger partial charge in [0.1, 0.15) is 0 Å². The van der Waals surface area contributed by atoms with Crippen LogP contribution in [0.3, 0.4) is 0 Å². The largest absolute Gasteiger partial charge is 0.412 e. The first-order valence-electron chi connectivity index (χ1n) is 11.4. The molecule has 2 fully saturated rings. The number of hydrogen-bond acceptors (Lipinski definition) is 4. The van der Waals surface area contributed by atoms with Crippen LogP contribution in [0.1, 0.15) is 30.4 Å². The van der Waals surface area contributed by atoms with E-state index >= 15 is 0 Å². The van der Waals surface area contributed by atoms with E-state index in [1.807, 2.05) is 41.3 Å². The van der Waals surface area contributed by atoms with E-state index in [0.29, 0.717) is 24.6 Å². The fourth-order valence-electron chi connectivity index (χ4n) is 5.37. The van der Waals surface area contributed by atoms with Crippen molar-refractivity contribution in [1.82, 2.24) is 9.80 Å². The number of para-hydroxylation sites is 1. The summed E-state index contributed by atoms with van der Waals surface area (Å²) in [5, 5.41) is 2.74. The molecule has 3 aliphatic heterocycles. The molecule has 5 rings (SSSR count). The number of aryl methyl sites for hydroxylation is 2. The monoisotopic (exact) mass is 508 g/mol. The maximum absolute atomic E-state index is 13.6. The number of benzene rings is 2. The van der Waals surface area contributed by atoms with Crippen molar-refractivity contribution in [3.63, 3.8) is 0 Å². The van der Waals surface area contributed by atoms with Crippen molar-refractivity contribution < 1.29 is 15.1 Å². The highest BCUT2D eigenvalue weighted by atomic mass is 35.5. The summed E-state index contributed by atoms with van der Waals surface area (Å²) in [5.41, 5.74) is 4.90. The third-order valence-corrected chi connectivity index (χ3v) is 7.01. The molecule has 0 bridgehead atoms. The highest BCUT2D eigenvalue weighted by molar-refractivity contribution is 6.03. The van der Waals surface area contributed by atoms with Gasteiger partial charge in [0, 0.05) is 44.3 Å². The molecular formula is C25H34Cl2N4O3. The number of amides is 2. The van der Waals surface area contributed by atoms with Crippen LogP contribution >= 0.6 is 24.8 Å². The summed E-state index contributed by atoms with van der Waals surface area (Å²) in [6.45, 7) is 5.27. The van der Waals surface area contributed by atoms with Gasteiger partial charge in [-0.15, -0.1) is 24.8 Å². The SMILES string of the molecule is Cl.Cl.O.O=CNc1ccc2c(c1)N(C(=O)CCN1CCN3CCCC3C1)c1ccccc1CC2. The first-order chi connectivity index (χ1) is 15.2. The predicted molar refractivity (Wildman–Crippen MR) is 141 cm³/mol. The summed E-state index contributed by atoms with van der Waals surface area (Å²) in [6.07, 6.45) is 5.53. The smallest absolute Gasteiger partial charge is 0.232 e. The molecule has 0 spiro atoms. The third kappa shape index (κ3) is 5.73. The lowest BCUT2D eigenvalue weighted by molar-refractivity contribution is -0.118. The van der Waals surface area contributed by atoms with Gasteiger partial charge in [0.25, 0.3) is 0 Å². The Morgan fingerprint density at radius 1 is 1.00 bits per heavy atom. The average Bonchev–Trinajstić information content (AvgIpc) is 3.19. The molecule has 3 aliphatic rings. The molecule has 34 heavy (non-hydrogen) atoms. The molecule has 2 saturated heterocycles. The molecule has 3 heterocycles. The Morgan fingerprint density at radius 3 is 2.56 bits per heavy atom. The van der Waals surface area contributed by atoms with Crippen molar-refractivity contribution in [3.8, 4) is 0 Å². The zero-order valence-electron chi connectivity index (χ0n) is 19.2. The fraction of sp³-hybridized carbons (Fsp3) is 0.440. The number of anilines is 3. The van der Waals surface area contributed by atoms with Crippen LogP contribution in [0, 0.1) is 0 Å². The van der Waals surface area contributed by atoms with Gasteiger partial charge in [-0.25, -0.2) is 0 Å². The summed E-state index contributed by atoms with van der Waals surface area (Å²) >= 11 is 0. The molecule has 186 valence electrons. The maximum Gasteiger partial charge on any atom is 0.232 e. The second kappa shape index (κ2) is 12.5. The molecule has 0 aromatic heterocycles. The van der Waals surface area contributed by atoms with Gasteiger partial charge in [-0.1, -0.05) is 24.3 Å². The second-order valence-corrected chi connectivity index (χ2v) is 8.85. The lowest BCUT2D eigenvalue weighted by Gasteiger charge is -2.37. The Hall–Kier alpha value is -2.16. The average molecular weight is 509 g/mol. The van der Waals surface area contributed by atoms with Crippen LogP contribution in [-0.2, 0) is 22.4 Å². The Bertz CT molecular complexity index is 990. The van der Waals surface area contributed by atoms with Gasteiger partial charge in [0.2, 0.25) is 12.3 Å². The van der Waals surface area contributed by atoms with Crippen molar-refractivity contribution in [2.45, 2.75) is 38.1 Å². The van der Waals surface area contributed by atoms with Crippen LogP contribution < -0.4 is 10.2 Å². The number of halogens is 2. The molecule has 2 aromatic carbocycles. The summed E-state index contributed by atoms with van der Waals surface area (Å²) in [7, 11) is 0. The molecule has 7 nitrogen and oxygen atoms in total. The van der Waals surface area contributed by atoms with Crippen molar-refractivity contribution in [2.24, 2.45) is 0 Å². The Labute approximate surface area is 213 Å². The summed E-state index contributed by atoms with van der Waals surface area (Å²) < 4.78 is 0. The maximum atomic E-state index is 13.6. The van der Waals surface area contributed by atoms with E-state index in [1.54, 1.807) is 0 Å². The lowest BCUT2D eigenvalue weighted by atomic mass is 10.0. The number of nitrogens with zero attached hydrogens (tertiary/aromatic N) is 3. The zero-order valence-corrected chi connectivity index (χ0v) is 20.9. The molecule has 0 aliphatic carbocycles. The van der Waals surface area contributed by atoms with Crippen molar-refractivity contribution in [3.05, 3.63) is 53.6 Å². The number of rotatable bonds is 5. The molecule has 2 aromatic rings. The van der Waals surface area contributed by atoms with Gasteiger partial charge in [-0.05, 0) is 61.6 Å². The summed E-state index contributed by atoms with van der Waals surface area (Å²) in [5.74, 6) is 0.118. The van der Waals surface area contributed by atoms with Crippen LogP contribution in [0.4, 0.5) is 17.1 Å². The van der Waals surface area contributed by atoms with Crippen LogP contribution in [0.25, 0.3) is 0 Å². The summed E-state index contributed by atoms with van der Waals surface area (Å²) in [4.78, 5) is 31.5. The molecule has 9 heteroatoms. The van der Waals surface area contributed by atoms with E-state index in [-0.39, 0.29) is 36.2 Å². The number of hydrogen-bond donors (Lipinski definition) is 1. The minimum atomic E-state index is 0. The highest BCUT2D eigenvalue weighted by Crippen LogP contribution is 2.38. The predicted octanol–water partition coefficient (Wildman–Crippen LogP) is 3.21. The first-order valence-corrected chi connectivity index (χ1v) is 11.4. The first kappa shape index (κ1) is 28.1. The third-order valence-electron chi connectivity index (χ3n) is 7.01. The van der Waals surface area contributed by atoms with Gasteiger partial charge >= 0.3 is 0 Å². The van der Waals surface area contributed by atoms with Crippen LogP contribution in [-0.4, -0.2) is 66.4 Å². The molecular weight excluding hydrogens is 475 g/mol. The Kier molecular flexibility index (Phi) is 10.3. The van der Waals surface area contributed by atoms with Crippen LogP contribution in [0.2, 0.25) is 0 Å². The molecule has 0 saturated carbocycles. The topological polar surface area (TPSA) is 87.4 Å². The number of carbonyl (C=O) groups excluding carboxylic acids is 2.